The van der Waals surface area contributed by atoms with Crippen LogP contribution in [0, 0.1) is 6.92 Å². The van der Waals surface area contributed by atoms with Crippen molar-refractivity contribution in [2.75, 3.05) is 43.4 Å². The monoisotopic (exact) mass is 249 g/mol. The van der Waals surface area contributed by atoms with Crippen molar-refractivity contribution in [3.8, 4) is 0 Å². The second kappa shape index (κ2) is 5.20. The van der Waals surface area contributed by atoms with E-state index in [4.69, 9.17) is 0 Å². The first-order chi connectivity index (χ1) is 8.60. The molecule has 6 heteroatoms. The quantitative estimate of drug-likeness (QED) is 0.845. The van der Waals surface area contributed by atoms with Crippen LogP contribution in [-0.2, 0) is 4.79 Å². The molecule has 0 bridgehead atoms. The van der Waals surface area contributed by atoms with Crippen LogP contribution in [0.3, 0.4) is 0 Å². The summed E-state index contributed by atoms with van der Waals surface area (Å²) in [5.74, 6) is 2.48. The molecule has 1 amide bonds. The minimum Gasteiger partial charge on any atom is -0.370 e. The zero-order valence-electron chi connectivity index (χ0n) is 11.1. The van der Waals surface area contributed by atoms with Gasteiger partial charge in [0.2, 0.25) is 5.91 Å². The van der Waals surface area contributed by atoms with Crippen LogP contribution in [0.4, 0.5) is 11.6 Å². The summed E-state index contributed by atoms with van der Waals surface area (Å²) >= 11 is 0. The Morgan fingerprint density at radius 3 is 2.83 bits per heavy atom. The summed E-state index contributed by atoms with van der Waals surface area (Å²) in [6.07, 6.45) is 0. The van der Waals surface area contributed by atoms with Crippen LogP contribution in [0.1, 0.15) is 12.7 Å². The Bertz CT molecular complexity index is 448. The Labute approximate surface area is 107 Å². The van der Waals surface area contributed by atoms with E-state index >= 15 is 0 Å². The highest BCUT2D eigenvalue weighted by molar-refractivity contribution is 5.82. The number of piperazine rings is 1. The number of carbonyl (C=O) groups is 1. The SMILES string of the molecule is CCNc1cc(N2CCN(C)C(=O)C2)nc(C)n1. The van der Waals surface area contributed by atoms with E-state index in [1.54, 1.807) is 4.90 Å². The van der Waals surface area contributed by atoms with E-state index in [-0.39, 0.29) is 5.91 Å². The maximum absolute atomic E-state index is 11.7. The summed E-state index contributed by atoms with van der Waals surface area (Å²) in [4.78, 5) is 24.2. The van der Waals surface area contributed by atoms with E-state index < -0.39 is 0 Å². The van der Waals surface area contributed by atoms with Crippen molar-refractivity contribution in [3.63, 3.8) is 0 Å². The molecule has 0 atom stereocenters. The molecular formula is C12H19N5O. The summed E-state index contributed by atoms with van der Waals surface area (Å²) < 4.78 is 0. The molecule has 1 saturated heterocycles. The highest BCUT2D eigenvalue weighted by Crippen LogP contribution is 2.17. The molecule has 2 rings (SSSR count). The Kier molecular flexibility index (Phi) is 3.64. The van der Waals surface area contributed by atoms with Crippen molar-refractivity contribution in [1.82, 2.24) is 14.9 Å². The van der Waals surface area contributed by atoms with Crippen molar-refractivity contribution in [1.29, 1.82) is 0 Å². The van der Waals surface area contributed by atoms with Gasteiger partial charge in [-0.15, -0.1) is 0 Å². The lowest BCUT2D eigenvalue weighted by Gasteiger charge is -2.32. The average Bonchev–Trinajstić information content (AvgIpc) is 2.32. The molecule has 0 radical (unpaired) electrons. The zero-order chi connectivity index (χ0) is 13.1. The zero-order valence-corrected chi connectivity index (χ0v) is 11.1. The van der Waals surface area contributed by atoms with E-state index in [0.29, 0.717) is 6.54 Å². The van der Waals surface area contributed by atoms with Gasteiger partial charge in [0.15, 0.2) is 0 Å². The van der Waals surface area contributed by atoms with Crippen molar-refractivity contribution in [2.45, 2.75) is 13.8 Å². The Hall–Kier alpha value is -1.85. The molecule has 0 aromatic carbocycles. The predicted octanol–water partition coefficient (Wildman–Crippen LogP) is 0.495. The first-order valence-corrected chi connectivity index (χ1v) is 6.18. The van der Waals surface area contributed by atoms with Gasteiger partial charge in [0.1, 0.15) is 17.5 Å². The van der Waals surface area contributed by atoms with Gasteiger partial charge < -0.3 is 15.1 Å². The number of rotatable bonds is 3. The molecule has 1 aromatic heterocycles. The third kappa shape index (κ3) is 2.69. The molecule has 1 aliphatic rings. The molecule has 1 aliphatic heterocycles. The van der Waals surface area contributed by atoms with Crippen LogP contribution in [0.15, 0.2) is 6.07 Å². The molecule has 6 nitrogen and oxygen atoms in total. The second-order valence-electron chi connectivity index (χ2n) is 4.43. The fourth-order valence-electron chi connectivity index (χ4n) is 1.94. The molecule has 2 heterocycles. The molecule has 0 aliphatic carbocycles. The van der Waals surface area contributed by atoms with E-state index in [9.17, 15) is 4.79 Å². The summed E-state index contributed by atoms with van der Waals surface area (Å²) in [5.41, 5.74) is 0. The van der Waals surface area contributed by atoms with Crippen LogP contribution >= 0.6 is 0 Å². The lowest BCUT2D eigenvalue weighted by molar-refractivity contribution is -0.129. The molecular weight excluding hydrogens is 230 g/mol. The van der Waals surface area contributed by atoms with Gasteiger partial charge in [-0.3, -0.25) is 4.79 Å². The first kappa shape index (κ1) is 12.6. The van der Waals surface area contributed by atoms with Crippen LogP contribution in [0.2, 0.25) is 0 Å². The van der Waals surface area contributed by atoms with Crippen LogP contribution in [-0.4, -0.2) is 54.0 Å². The fraction of sp³-hybridized carbons (Fsp3) is 0.583. The van der Waals surface area contributed by atoms with Gasteiger partial charge in [-0.2, -0.15) is 0 Å². The molecule has 1 fully saturated rings. The first-order valence-electron chi connectivity index (χ1n) is 6.18. The number of amides is 1. The molecule has 0 spiro atoms. The van der Waals surface area contributed by atoms with Gasteiger partial charge in [0, 0.05) is 32.7 Å². The van der Waals surface area contributed by atoms with Crippen molar-refractivity contribution >= 4 is 17.5 Å². The molecule has 18 heavy (non-hydrogen) atoms. The highest BCUT2D eigenvalue weighted by Gasteiger charge is 2.22. The third-order valence-electron chi connectivity index (χ3n) is 2.96. The number of nitrogens with one attached hydrogen (secondary N) is 1. The summed E-state index contributed by atoms with van der Waals surface area (Å²) in [5, 5.41) is 3.17. The number of likely N-dealkylation sites (N-methyl/N-ethyl adjacent to an activating group) is 1. The average molecular weight is 249 g/mol. The number of aryl methyl sites for hydroxylation is 1. The van der Waals surface area contributed by atoms with Gasteiger partial charge in [0.05, 0.1) is 6.54 Å². The second-order valence-corrected chi connectivity index (χ2v) is 4.43. The normalized spacial score (nSPS) is 16.1. The molecule has 98 valence electrons. The lowest BCUT2D eigenvalue weighted by atomic mass is 10.3. The van der Waals surface area contributed by atoms with E-state index in [0.717, 1.165) is 37.1 Å². The number of hydrogen-bond acceptors (Lipinski definition) is 5. The number of carbonyl (C=O) groups excluding carboxylic acids is 1. The van der Waals surface area contributed by atoms with Crippen molar-refractivity contribution in [2.24, 2.45) is 0 Å². The number of nitrogens with zero attached hydrogens (tertiary/aromatic N) is 4. The maximum Gasteiger partial charge on any atom is 0.241 e. The van der Waals surface area contributed by atoms with Crippen molar-refractivity contribution in [3.05, 3.63) is 11.9 Å². The molecule has 1 N–H and O–H groups in total. The van der Waals surface area contributed by atoms with Gasteiger partial charge in [-0.25, -0.2) is 9.97 Å². The van der Waals surface area contributed by atoms with E-state index in [1.807, 2.05) is 31.9 Å². The fourth-order valence-corrected chi connectivity index (χ4v) is 1.94. The maximum atomic E-state index is 11.7. The molecule has 0 saturated carbocycles. The van der Waals surface area contributed by atoms with Gasteiger partial charge in [-0.1, -0.05) is 0 Å². The van der Waals surface area contributed by atoms with Crippen LogP contribution in [0.5, 0.6) is 0 Å². The third-order valence-corrected chi connectivity index (χ3v) is 2.96. The minimum atomic E-state index is 0.127. The topological polar surface area (TPSA) is 61.4 Å². The van der Waals surface area contributed by atoms with Gasteiger partial charge in [-0.05, 0) is 13.8 Å². The standard InChI is InChI=1S/C12H19N5O/c1-4-13-10-7-11(15-9(2)14-10)17-6-5-16(3)12(18)8-17/h7H,4-6,8H2,1-3H3,(H,13,14,15). The smallest absolute Gasteiger partial charge is 0.241 e. The van der Waals surface area contributed by atoms with Gasteiger partial charge in [0.25, 0.3) is 0 Å². The molecule has 0 unspecified atom stereocenters. The van der Waals surface area contributed by atoms with Gasteiger partial charge >= 0.3 is 0 Å². The van der Waals surface area contributed by atoms with Crippen LogP contribution in [0.25, 0.3) is 0 Å². The predicted molar refractivity (Wildman–Crippen MR) is 70.8 cm³/mol. The number of anilines is 2. The Morgan fingerprint density at radius 1 is 1.39 bits per heavy atom. The number of aromatic nitrogens is 2. The summed E-state index contributed by atoms with van der Waals surface area (Å²) in [7, 11) is 1.83. The lowest BCUT2D eigenvalue weighted by Crippen LogP contribution is -2.48. The summed E-state index contributed by atoms with van der Waals surface area (Å²) in [6.45, 7) is 6.64. The summed E-state index contributed by atoms with van der Waals surface area (Å²) in [6, 6.07) is 1.90. The van der Waals surface area contributed by atoms with E-state index in [2.05, 4.69) is 15.3 Å². The Morgan fingerprint density at radius 2 is 2.17 bits per heavy atom. The molecule has 1 aromatic rings. The largest absolute Gasteiger partial charge is 0.370 e. The van der Waals surface area contributed by atoms with E-state index in [1.165, 1.54) is 0 Å². The Balaban J connectivity index is 2.19. The van der Waals surface area contributed by atoms with Crippen molar-refractivity contribution < 1.29 is 4.79 Å². The number of hydrogen-bond donors (Lipinski definition) is 1. The minimum absolute atomic E-state index is 0.127. The highest BCUT2D eigenvalue weighted by atomic mass is 16.2. The van der Waals surface area contributed by atoms with Crippen LogP contribution < -0.4 is 10.2 Å².